The quantitative estimate of drug-likeness (QED) is 0.605. The molecule has 0 radical (unpaired) electrons. The zero-order valence-electron chi connectivity index (χ0n) is 12.1. The standard InChI is InChI=1S/C15H27NO3/c1-13(2)5-3-9-18-12-14(17)11-16-8-7-15-6-4-10-19-15/h4,6,10,13-14,16-17H,3,5,7-9,11-12H2,1-2H3. The molecule has 1 atom stereocenters. The first-order valence-corrected chi connectivity index (χ1v) is 7.17. The molecule has 1 aromatic rings. The number of nitrogens with one attached hydrogen (secondary N) is 1. The van der Waals surface area contributed by atoms with Gasteiger partial charge in [0.15, 0.2) is 0 Å². The third kappa shape index (κ3) is 8.81. The number of rotatable bonds is 11. The fourth-order valence-electron chi connectivity index (χ4n) is 1.81. The number of aliphatic hydroxyl groups is 1. The van der Waals surface area contributed by atoms with Crippen molar-refractivity contribution >= 4 is 0 Å². The van der Waals surface area contributed by atoms with Gasteiger partial charge in [0.1, 0.15) is 5.76 Å². The summed E-state index contributed by atoms with van der Waals surface area (Å²) in [7, 11) is 0. The highest BCUT2D eigenvalue weighted by Crippen LogP contribution is 2.03. The zero-order chi connectivity index (χ0) is 13.9. The molecule has 4 nitrogen and oxygen atoms in total. The molecule has 19 heavy (non-hydrogen) atoms. The molecule has 1 rings (SSSR count). The van der Waals surface area contributed by atoms with Crippen molar-refractivity contribution in [2.24, 2.45) is 5.92 Å². The predicted octanol–water partition coefficient (Wildman–Crippen LogP) is 2.23. The van der Waals surface area contributed by atoms with Crippen molar-refractivity contribution in [2.45, 2.75) is 39.2 Å². The molecule has 0 aliphatic heterocycles. The van der Waals surface area contributed by atoms with Crippen LogP contribution >= 0.6 is 0 Å². The summed E-state index contributed by atoms with van der Waals surface area (Å²) in [6.07, 6.45) is 4.33. The predicted molar refractivity (Wildman–Crippen MR) is 76.2 cm³/mol. The number of furan rings is 1. The van der Waals surface area contributed by atoms with E-state index < -0.39 is 6.10 Å². The molecule has 0 aliphatic carbocycles. The topological polar surface area (TPSA) is 54.6 Å². The van der Waals surface area contributed by atoms with Crippen LogP contribution in [0.4, 0.5) is 0 Å². The van der Waals surface area contributed by atoms with Crippen molar-refractivity contribution in [1.82, 2.24) is 5.32 Å². The highest BCUT2D eigenvalue weighted by molar-refractivity contribution is 4.98. The molecule has 1 aromatic heterocycles. The third-order valence-corrected chi connectivity index (χ3v) is 2.89. The smallest absolute Gasteiger partial charge is 0.105 e. The first kappa shape index (κ1) is 16.2. The molecule has 0 saturated heterocycles. The maximum absolute atomic E-state index is 9.70. The van der Waals surface area contributed by atoms with Crippen LogP contribution in [0, 0.1) is 5.92 Å². The minimum absolute atomic E-state index is 0.409. The molecule has 1 unspecified atom stereocenters. The Balaban J connectivity index is 1.89. The Morgan fingerprint density at radius 3 is 2.95 bits per heavy atom. The average Bonchev–Trinajstić information content (AvgIpc) is 2.87. The molecule has 0 spiro atoms. The molecule has 4 heteroatoms. The summed E-state index contributed by atoms with van der Waals surface area (Å²) in [4.78, 5) is 0. The fraction of sp³-hybridized carbons (Fsp3) is 0.733. The maximum Gasteiger partial charge on any atom is 0.105 e. The van der Waals surface area contributed by atoms with Gasteiger partial charge in [0, 0.05) is 26.1 Å². The minimum Gasteiger partial charge on any atom is -0.469 e. The molecular formula is C15H27NO3. The third-order valence-electron chi connectivity index (χ3n) is 2.89. The Morgan fingerprint density at radius 2 is 2.26 bits per heavy atom. The van der Waals surface area contributed by atoms with Gasteiger partial charge in [-0.25, -0.2) is 0 Å². The first-order valence-electron chi connectivity index (χ1n) is 7.17. The van der Waals surface area contributed by atoms with Crippen LogP contribution in [-0.4, -0.2) is 37.5 Å². The highest BCUT2D eigenvalue weighted by atomic mass is 16.5. The molecule has 2 N–H and O–H groups in total. The lowest BCUT2D eigenvalue weighted by molar-refractivity contribution is 0.0349. The number of aliphatic hydroxyl groups excluding tert-OH is 1. The van der Waals surface area contributed by atoms with Gasteiger partial charge in [0.05, 0.1) is 19.0 Å². The SMILES string of the molecule is CC(C)CCCOCC(O)CNCCc1ccco1. The van der Waals surface area contributed by atoms with E-state index in [0.29, 0.717) is 13.2 Å². The lowest BCUT2D eigenvalue weighted by atomic mass is 10.1. The van der Waals surface area contributed by atoms with Crippen LogP contribution < -0.4 is 5.32 Å². The van der Waals surface area contributed by atoms with Gasteiger partial charge >= 0.3 is 0 Å². The first-order chi connectivity index (χ1) is 9.18. The fourth-order valence-corrected chi connectivity index (χ4v) is 1.81. The van der Waals surface area contributed by atoms with Crippen LogP contribution in [0.15, 0.2) is 22.8 Å². The molecular weight excluding hydrogens is 242 g/mol. The van der Waals surface area contributed by atoms with Gasteiger partial charge < -0.3 is 19.6 Å². The Bertz CT molecular complexity index is 298. The second kappa shape index (κ2) is 10.0. The summed E-state index contributed by atoms with van der Waals surface area (Å²) in [5.74, 6) is 1.68. The minimum atomic E-state index is -0.435. The molecule has 0 bridgehead atoms. The van der Waals surface area contributed by atoms with E-state index >= 15 is 0 Å². The number of ether oxygens (including phenoxy) is 1. The summed E-state index contributed by atoms with van der Waals surface area (Å²) in [5, 5.41) is 12.9. The van der Waals surface area contributed by atoms with E-state index in [1.165, 1.54) is 6.42 Å². The van der Waals surface area contributed by atoms with Gasteiger partial charge in [-0.2, -0.15) is 0 Å². The highest BCUT2D eigenvalue weighted by Gasteiger charge is 2.04. The largest absolute Gasteiger partial charge is 0.469 e. The zero-order valence-corrected chi connectivity index (χ0v) is 12.1. The van der Waals surface area contributed by atoms with Crippen LogP contribution in [-0.2, 0) is 11.2 Å². The molecule has 110 valence electrons. The summed E-state index contributed by atoms with van der Waals surface area (Å²) in [6, 6.07) is 3.84. The summed E-state index contributed by atoms with van der Waals surface area (Å²) in [5.41, 5.74) is 0. The number of hydrogen-bond acceptors (Lipinski definition) is 4. The van der Waals surface area contributed by atoms with Crippen molar-refractivity contribution in [1.29, 1.82) is 0 Å². The Morgan fingerprint density at radius 1 is 1.42 bits per heavy atom. The van der Waals surface area contributed by atoms with Crippen molar-refractivity contribution in [3.05, 3.63) is 24.2 Å². The summed E-state index contributed by atoms with van der Waals surface area (Å²) >= 11 is 0. The van der Waals surface area contributed by atoms with Crippen LogP contribution in [0.5, 0.6) is 0 Å². The number of hydrogen-bond donors (Lipinski definition) is 2. The maximum atomic E-state index is 9.70. The summed E-state index contributed by atoms with van der Waals surface area (Å²) in [6.45, 7) is 6.92. The van der Waals surface area contributed by atoms with E-state index in [2.05, 4.69) is 19.2 Å². The van der Waals surface area contributed by atoms with Crippen molar-refractivity contribution < 1.29 is 14.3 Å². The van der Waals surface area contributed by atoms with E-state index in [-0.39, 0.29) is 0 Å². The van der Waals surface area contributed by atoms with E-state index in [9.17, 15) is 5.11 Å². The van der Waals surface area contributed by atoms with Crippen LogP contribution in [0.25, 0.3) is 0 Å². The second-order valence-corrected chi connectivity index (χ2v) is 5.30. The molecule has 0 aliphatic rings. The van der Waals surface area contributed by atoms with E-state index in [4.69, 9.17) is 9.15 Å². The Labute approximate surface area is 116 Å². The lowest BCUT2D eigenvalue weighted by Crippen LogP contribution is -2.31. The van der Waals surface area contributed by atoms with Gasteiger partial charge in [-0.1, -0.05) is 13.8 Å². The van der Waals surface area contributed by atoms with Gasteiger partial charge in [-0.3, -0.25) is 0 Å². The molecule has 0 saturated carbocycles. The Hall–Kier alpha value is -0.840. The van der Waals surface area contributed by atoms with E-state index in [1.807, 2.05) is 12.1 Å². The van der Waals surface area contributed by atoms with E-state index in [1.54, 1.807) is 6.26 Å². The molecule has 0 amide bonds. The lowest BCUT2D eigenvalue weighted by Gasteiger charge is -2.12. The average molecular weight is 269 g/mol. The van der Waals surface area contributed by atoms with Crippen LogP contribution in [0.2, 0.25) is 0 Å². The molecule has 0 fully saturated rings. The van der Waals surface area contributed by atoms with Crippen molar-refractivity contribution in [3.63, 3.8) is 0 Å². The second-order valence-electron chi connectivity index (χ2n) is 5.30. The van der Waals surface area contributed by atoms with Gasteiger partial charge in [-0.15, -0.1) is 0 Å². The van der Waals surface area contributed by atoms with E-state index in [0.717, 1.165) is 37.7 Å². The molecule has 1 heterocycles. The van der Waals surface area contributed by atoms with Gasteiger partial charge in [-0.05, 0) is 30.9 Å². The Kier molecular flexibility index (Phi) is 8.54. The van der Waals surface area contributed by atoms with Gasteiger partial charge in [0.25, 0.3) is 0 Å². The van der Waals surface area contributed by atoms with Gasteiger partial charge in [0.2, 0.25) is 0 Å². The monoisotopic (exact) mass is 269 g/mol. The van der Waals surface area contributed by atoms with Crippen molar-refractivity contribution in [3.8, 4) is 0 Å². The van der Waals surface area contributed by atoms with Crippen molar-refractivity contribution in [2.75, 3.05) is 26.3 Å². The van der Waals surface area contributed by atoms with Crippen LogP contribution in [0.1, 0.15) is 32.4 Å². The van der Waals surface area contributed by atoms with Crippen LogP contribution in [0.3, 0.4) is 0 Å². The normalized spacial score (nSPS) is 13.1. The summed E-state index contributed by atoms with van der Waals surface area (Å²) < 4.78 is 10.7. The molecule has 0 aromatic carbocycles.